The zero-order chi connectivity index (χ0) is 13.7. The van der Waals surface area contributed by atoms with E-state index in [1.54, 1.807) is 6.92 Å². The minimum atomic E-state index is -0.0242. The third-order valence-electron chi connectivity index (χ3n) is 3.11. The highest BCUT2D eigenvalue weighted by atomic mass is 16.1. The SMILES string of the molecule is Cc1nc(C)c(C(C)NCCCC(C)C)c(=O)[nH]1. The fourth-order valence-electron chi connectivity index (χ4n) is 2.18. The predicted octanol–water partition coefficient (Wildman–Crippen LogP) is 2.47. The minimum Gasteiger partial charge on any atom is -0.310 e. The van der Waals surface area contributed by atoms with Gasteiger partial charge >= 0.3 is 0 Å². The van der Waals surface area contributed by atoms with Crippen LogP contribution in [0.5, 0.6) is 0 Å². The quantitative estimate of drug-likeness (QED) is 0.764. The van der Waals surface area contributed by atoms with E-state index < -0.39 is 0 Å². The molecule has 4 heteroatoms. The van der Waals surface area contributed by atoms with Gasteiger partial charge in [-0.15, -0.1) is 0 Å². The highest BCUT2D eigenvalue weighted by Gasteiger charge is 2.13. The van der Waals surface area contributed by atoms with Crippen LogP contribution in [0, 0.1) is 19.8 Å². The van der Waals surface area contributed by atoms with Crippen molar-refractivity contribution in [3.05, 3.63) is 27.4 Å². The second-order valence-corrected chi connectivity index (χ2v) is 5.36. The van der Waals surface area contributed by atoms with Gasteiger partial charge in [0.15, 0.2) is 0 Å². The maximum atomic E-state index is 11.9. The van der Waals surface area contributed by atoms with Crippen LogP contribution < -0.4 is 10.9 Å². The van der Waals surface area contributed by atoms with Gasteiger partial charge in [-0.25, -0.2) is 4.98 Å². The summed E-state index contributed by atoms with van der Waals surface area (Å²) in [6, 6.07) is 0.0500. The molecule has 0 amide bonds. The number of H-pyrrole nitrogens is 1. The van der Waals surface area contributed by atoms with Gasteiger partial charge in [-0.05, 0) is 46.1 Å². The Labute approximate surface area is 109 Å². The van der Waals surface area contributed by atoms with Crippen molar-refractivity contribution < 1.29 is 0 Å². The van der Waals surface area contributed by atoms with Crippen molar-refractivity contribution >= 4 is 0 Å². The Morgan fingerprint density at radius 2 is 1.94 bits per heavy atom. The van der Waals surface area contributed by atoms with E-state index in [9.17, 15) is 4.79 Å². The molecule has 0 aliphatic rings. The highest BCUT2D eigenvalue weighted by Crippen LogP contribution is 2.11. The molecule has 0 aliphatic carbocycles. The molecule has 0 aromatic carbocycles. The maximum absolute atomic E-state index is 11.9. The van der Waals surface area contributed by atoms with Crippen LogP contribution in [0.1, 0.15) is 56.7 Å². The standard InChI is InChI=1S/C14H25N3O/c1-9(2)7-6-8-15-10(3)13-11(4)16-12(5)17-14(13)18/h9-10,15H,6-8H2,1-5H3,(H,16,17,18). The number of hydrogen-bond acceptors (Lipinski definition) is 3. The molecule has 1 rings (SSSR count). The molecule has 1 unspecified atom stereocenters. The average molecular weight is 251 g/mol. The van der Waals surface area contributed by atoms with Crippen LogP contribution in [0.3, 0.4) is 0 Å². The molecule has 0 aliphatic heterocycles. The molecule has 1 atom stereocenters. The smallest absolute Gasteiger partial charge is 0.255 e. The number of aromatic amines is 1. The number of nitrogens with one attached hydrogen (secondary N) is 2. The summed E-state index contributed by atoms with van der Waals surface area (Å²) in [6.07, 6.45) is 2.35. The maximum Gasteiger partial charge on any atom is 0.255 e. The molecule has 0 bridgehead atoms. The van der Waals surface area contributed by atoms with Gasteiger partial charge in [-0.1, -0.05) is 13.8 Å². The molecule has 102 valence electrons. The van der Waals surface area contributed by atoms with Crippen molar-refractivity contribution in [3.63, 3.8) is 0 Å². The third kappa shape index (κ3) is 4.26. The van der Waals surface area contributed by atoms with Gasteiger partial charge in [0, 0.05) is 11.7 Å². The van der Waals surface area contributed by atoms with Crippen molar-refractivity contribution in [1.29, 1.82) is 0 Å². The van der Waals surface area contributed by atoms with Crippen molar-refractivity contribution in [2.45, 2.75) is 53.5 Å². The van der Waals surface area contributed by atoms with E-state index in [1.165, 1.54) is 6.42 Å². The van der Waals surface area contributed by atoms with Crippen LogP contribution in [-0.4, -0.2) is 16.5 Å². The molecule has 1 heterocycles. The topological polar surface area (TPSA) is 57.8 Å². The lowest BCUT2D eigenvalue weighted by Crippen LogP contribution is -2.28. The van der Waals surface area contributed by atoms with E-state index >= 15 is 0 Å². The molecule has 2 N–H and O–H groups in total. The van der Waals surface area contributed by atoms with E-state index in [2.05, 4.69) is 29.1 Å². The number of rotatable bonds is 6. The highest BCUT2D eigenvalue weighted by molar-refractivity contribution is 5.19. The monoisotopic (exact) mass is 251 g/mol. The van der Waals surface area contributed by atoms with Crippen LogP contribution in [0.15, 0.2) is 4.79 Å². The summed E-state index contributed by atoms with van der Waals surface area (Å²) >= 11 is 0. The molecule has 0 saturated heterocycles. The molecule has 1 aromatic rings. The fourth-order valence-corrected chi connectivity index (χ4v) is 2.18. The first kappa shape index (κ1) is 14.9. The summed E-state index contributed by atoms with van der Waals surface area (Å²) in [4.78, 5) is 19.0. The zero-order valence-corrected chi connectivity index (χ0v) is 12.1. The van der Waals surface area contributed by atoms with Crippen LogP contribution in [0.4, 0.5) is 0 Å². The van der Waals surface area contributed by atoms with Crippen molar-refractivity contribution in [2.24, 2.45) is 5.92 Å². The van der Waals surface area contributed by atoms with E-state index in [4.69, 9.17) is 0 Å². The summed E-state index contributed by atoms with van der Waals surface area (Å²) in [7, 11) is 0. The summed E-state index contributed by atoms with van der Waals surface area (Å²) in [5.74, 6) is 1.40. The normalized spacial score (nSPS) is 13.0. The predicted molar refractivity (Wildman–Crippen MR) is 74.8 cm³/mol. The minimum absolute atomic E-state index is 0.0242. The molecular formula is C14H25N3O. The molecule has 4 nitrogen and oxygen atoms in total. The van der Waals surface area contributed by atoms with Gasteiger partial charge in [-0.2, -0.15) is 0 Å². The summed E-state index contributed by atoms with van der Waals surface area (Å²) in [6.45, 7) is 11.1. The zero-order valence-electron chi connectivity index (χ0n) is 12.1. The van der Waals surface area contributed by atoms with E-state index in [-0.39, 0.29) is 11.6 Å². The van der Waals surface area contributed by atoms with Gasteiger partial charge in [-0.3, -0.25) is 4.79 Å². The van der Waals surface area contributed by atoms with E-state index in [0.717, 1.165) is 30.1 Å². The first-order valence-corrected chi connectivity index (χ1v) is 6.72. The van der Waals surface area contributed by atoms with E-state index in [1.807, 2.05) is 13.8 Å². The summed E-state index contributed by atoms with van der Waals surface area (Å²) < 4.78 is 0. The van der Waals surface area contributed by atoms with Crippen molar-refractivity contribution in [2.75, 3.05) is 6.54 Å². The summed E-state index contributed by atoms with van der Waals surface area (Å²) in [5, 5.41) is 3.40. The second-order valence-electron chi connectivity index (χ2n) is 5.36. The number of aromatic nitrogens is 2. The lowest BCUT2D eigenvalue weighted by atomic mass is 10.1. The lowest BCUT2D eigenvalue weighted by molar-refractivity contribution is 0.493. The van der Waals surface area contributed by atoms with Crippen molar-refractivity contribution in [1.82, 2.24) is 15.3 Å². The Bertz CT molecular complexity index is 437. The largest absolute Gasteiger partial charge is 0.310 e. The number of nitrogens with zero attached hydrogens (tertiary/aromatic N) is 1. The Morgan fingerprint density at radius 3 is 2.50 bits per heavy atom. The van der Waals surface area contributed by atoms with E-state index in [0.29, 0.717) is 5.82 Å². The Hall–Kier alpha value is -1.16. The Balaban J connectivity index is 2.62. The Morgan fingerprint density at radius 1 is 1.28 bits per heavy atom. The third-order valence-corrected chi connectivity index (χ3v) is 3.11. The lowest BCUT2D eigenvalue weighted by Gasteiger charge is -2.15. The van der Waals surface area contributed by atoms with Gasteiger partial charge in [0.1, 0.15) is 5.82 Å². The van der Waals surface area contributed by atoms with Crippen LogP contribution in [0.25, 0.3) is 0 Å². The molecular weight excluding hydrogens is 226 g/mol. The molecule has 18 heavy (non-hydrogen) atoms. The van der Waals surface area contributed by atoms with Gasteiger partial charge in [0.05, 0.1) is 5.56 Å². The fraction of sp³-hybridized carbons (Fsp3) is 0.714. The molecule has 0 fully saturated rings. The van der Waals surface area contributed by atoms with Crippen LogP contribution in [0.2, 0.25) is 0 Å². The van der Waals surface area contributed by atoms with Gasteiger partial charge < -0.3 is 10.3 Å². The average Bonchev–Trinajstić information content (AvgIpc) is 2.22. The van der Waals surface area contributed by atoms with Gasteiger partial charge in [0.2, 0.25) is 0 Å². The first-order valence-electron chi connectivity index (χ1n) is 6.72. The summed E-state index contributed by atoms with van der Waals surface area (Å²) in [5.41, 5.74) is 1.55. The number of aryl methyl sites for hydroxylation is 2. The molecule has 0 spiro atoms. The van der Waals surface area contributed by atoms with Crippen LogP contribution in [-0.2, 0) is 0 Å². The Kier molecular flexibility index (Phi) is 5.54. The van der Waals surface area contributed by atoms with Gasteiger partial charge in [0.25, 0.3) is 5.56 Å². The first-order chi connectivity index (χ1) is 8.41. The number of hydrogen-bond donors (Lipinski definition) is 2. The van der Waals surface area contributed by atoms with Crippen LogP contribution >= 0.6 is 0 Å². The molecule has 0 saturated carbocycles. The van der Waals surface area contributed by atoms with Crippen molar-refractivity contribution in [3.8, 4) is 0 Å². The second kappa shape index (κ2) is 6.69. The molecule has 0 radical (unpaired) electrons. The molecule has 1 aromatic heterocycles.